The zero-order chi connectivity index (χ0) is 8.16. The molecule has 0 aliphatic carbocycles. The van der Waals surface area contributed by atoms with E-state index < -0.39 is 5.79 Å². The van der Waals surface area contributed by atoms with E-state index in [1.54, 1.807) is 0 Å². The topological polar surface area (TPSA) is 18.5 Å². The van der Waals surface area contributed by atoms with Gasteiger partial charge in [0.05, 0.1) is 13.2 Å². The highest BCUT2D eigenvalue weighted by Gasteiger charge is 2.32. The van der Waals surface area contributed by atoms with Crippen molar-refractivity contribution in [3.05, 3.63) is 0 Å². The van der Waals surface area contributed by atoms with Gasteiger partial charge in [0.25, 0.3) is 0 Å². The van der Waals surface area contributed by atoms with E-state index in [0.717, 1.165) is 12.8 Å². The summed E-state index contributed by atoms with van der Waals surface area (Å²) in [6, 6.07) is 0. The number of hydrogen-bond donors (Lipinski definition) is 0. The first-order chi connectivity index (χ1) is 5.33. The van der Waals surface area contributed by atoms with Crippen molar-refractivity contribution in [1.29, 1.82) is 0 Å². The Labute approximate surface area is 67.9 Å². The first-order valence-electron chi connectivity index (χ1n) is 4.11. The van der Waals surface area contributed by atoms with Crippen molar-refractivity contribution in [2.75, 3.05) is 13.2 Å². The molecule has 0 aromatic heterocycles. The lowest BCUT2D eigenvalue weighted by Crippen LogP contribution is -2.26. The summed E-state index contributed by atoms with van der Waals surface area (Å²) >= 11 is 0. The lowest BCUT2D eigenvalue weighted by molar-refractivity contribution is -0.109. The minimum atomic E-state index is -0.573. The Hall–Kier alpha value is -0.520. The van der Waals surface area contributed by atoms with Gasteiger partial charge in [-0.1, -0.05) is 19.8 Å². The molecule has 0 unspecified atom stereocenters. The van der Waals surface area contributed by atoms with E-state index >= 15 is 0 Å². The molecule has 0 radical (unpaired) electrons. The predicted octanol–water partition coefficient (Wildman–Crippen LogP) is 1.55. The molecule has 1 saturated heterocycles. The molecule has 1 aliphatic heterocycles. The molecule has 0 spiro atoms. The molecular weight excluding hydrogens is 140 g/mol. The van der Waals surface area contributed by atoms with Gasteiger partial charge in [0.2, 0.25) is 5.79 Å². The molecule has 0 amide bonds. The van der Waals surface area contributed by atoms with Gasteiger partial charge in [-0.2, -0.15) is 0 Å². The summed E-state index contributed by atoms with van der Waals surface area (Å²) in [4.78, 5) is 0. The Morgan fingerprint density at radius 1 is 1.27 bits per heavy atom. The summed E-state index contributed by atoms with van der Waals surface area (Å²) < 4.78 is 10.8. The van der Waals surface area contributed by atoms with Crippen LogP contribution < -0.4 is 0 Å². The van der Waals surface area contributed by atoms with Gasteiger partial charge in [-0.05, 0) is 5.92 Å². The molecule has 0 N–H and O–H groups in total. The van der Waals surface area contributed by atoms with Gasteiger partial charge in [-0.25, -0.2) is 0 Å². The Kier molecular flexibility index (Phi) is 2.92. The third kappa shape index (κ3) is 1.95. The zero-order valence-electron chi connectivity index (χ0n) is 7.14. The third-order valence-corrected chi connectivity index (χ3v) is 1.67. The van der Waals surface area contributed by atoms with Crippen molar-refractivity contribution in [3.8, 4) is 11.8 Å². The fraction of sp³-hybridized carbons (Fsp3) is 0.778. The smallest absolute Gasteiger partial charge is 0.233 e. The maximum Gasteiger partial charge on any atom is 0.233 e. The SMILES string of the molecule is CCC#CC1(CC)OCCO1. The number of ether oxygens (including phenoxy) is 2. The van der Waals surface area contributed by atoms with Crippen LogP contribution in [0.25, 0.3) is 0 Å². The molecule has 1 rings (SSSR count). The average Bonchev–Trinajstić information content (AvgIpc) is 2.50. The van der Waals surface area contributed by atoms with E-state index in [1.165, 1.54) is 0 Å². The van der Waals surface area contributed by atoms with Crippen molar-refractivity contribution < 1.29 is 9.47 Å². The molecule has 0 saturated carbocycles. The first-order valence-corrected chi connectivity index (χ1v) is 4.11. The quantitative estimate of drug-likeness (QED) is 0.533. The maximum atomic E-state index is 5.40. The van der Waals surface area contributed by atoms with Crippen LogP contribution in [-0.2, 0) is 9.47 Å². The molecule has 2 nitrogen and oxygen atoms in total. The van der Waals surface area contributed by atoms with E-state index in [9.17, 15) is 0 Å². The van der Waals surface area contributed by atoms with E-state index in [0.29, 0.717) is 13.2 Å². The van der Waals surface area contributed by atoms with E-state index in [1.807, 2.05) is 13.8 Å². The molecular formula is C9H14O2. The molecule has 62 valence electrons. The molecule has 1 aliphatic rings. The van der Waals surface area contributed by atoms with Crippen LogP contribution in [0, 0.1) is 11.8 Å². The molecule has 11 heavy (non-hydrogen) atoms. The van der Waals surface area contributed by atoms with E-state index in [4.69, 9.17) is 9.47 Å². The summed E-state index contributed by atoms with van der Waals surface area (Å²) in [5, 5.41) is 0. The Bertz CT molecular complexity index is 170. The minimum Gasteiger partial charge on any atom is -0.337 e. The summed E-state index contributed by atoms with van der Waals surface area (Å²) in [5.41, 5.74) is 0. The van der Waals surface area contributed by atoms with Crippen LogP contribution in [0.15, 0.2) is 0 Å². The summed E-state index contributed by atoms with van der Waals surface area (Å²) in [6.07, 6.45) is 1.66. The van der Waals surface area contributed by atoms with Crippen molar-refractivity contribution in [2.45, 2.75) is 32.5 Å². The van der Waals surface area contributed by atoms with Crippen LogP contribution in [0.5, 0.6) is 0 Å². The maximum absolute atomic E-state index is 5.40. The fourth-order valence-electron chi connectivity index (χ4n) is 1.04. The molecule has 0 aromatic carbocycles. The van der Waals surface area contributed by atoms with Crippen LogP contribution in [0.2, 0.25) is 0 Å². The van der Waals surface area contributed by atoms with Crippen molar-refractivity contribution >= 4 is 0 Å². The largest absolute Gasteiger partial charge is 0.337 e. The molecule has 2 heteroatoms. The molecule has 0 aromatic rings. The van der Waals surface area contributed by atoms with Crippen molar-refractivity contribution in [3.63, 3.8) is 0 Å². The van der Waals surface area contributed by atoms with Crippen LogP contribution in [0.1, 0.15) is 26.7 Å². The van der Waals surface area contributed by atoms with Crippen molar-refractivity contribution in [1.82, 2.24) is 0 Å². The summed E-state index contributed by atoms with van der Waals surface area (Å²) in [7, 11) is 0. The van der Waals surface area contributed by atoms with Gasteiger partial charge in [0.1, 0.15) is 0 Å². The summed E-state index contributed by atoms with van der Waals surface area (Å²) in [6.45, 7) is 5.39. The molecule has 1 heterocycles. The van der Waals surface area contributed by atoms with Crippen LogP contribution in [0.3, 0.4) is 0 Å². The highest BCUT2D eigenvalue weighted by molar-refractivity contribution is 5.10. The minimum absolute atomic E-state index is 0.573. The van der Waals surface area contributed by atoms with Gasteiger partial charge in [0, 0.05) is 12.8 Å². The second kappa shape index (κ2) is 3.75. The molecule has 0 atom stereocenters. The van der Waals surface area contributed by atoms with Gasteiger partial charge >= 0.3 is 0 Å². The highest BCUT2D eigenvalue weighted by atomic mass is 16.7. The number of hydrogen-bond acceptors (Lipinski definition) is 2. The standard InChI is InChI=1S/C9H14O2/c1-3-5-6-9(4-2)10-7-8-11-9/h3-4,7-8H2,1-2H3. The summed E-state index contributed by atoms with van der Waals surface area (Å²) in [5.74, 6) is 5.41. The lowest BCUT2D eigenvalue weighted by atomic mass is 10.2. The molecule has 1 fully saturated rings. The Balaban J connectivity index is 2.59. The first kappa shape index (κ1) is 8.58. The van der Waals surface area contributed by atoms with E-state index in [-0.39, 0.29) is 0 Å². The second-order valence-electron chi connectivity index (χ2n) is 2.46. The van der Waals surface area contributed by atoms with Crippen LogP contribution >= 0.6 is 0 Å². The predicted molar refractivity (Wildman–Crippen MR) is 43.0 cm³/mol. The molecule has 0 bridgehead atoms. The second-order valence-corrected chi connectivity index (χ2v) is 2.46. The van der Waals surface area contributed by atoms with Gasteiger partial charge in [-0.3, -0.25) is 0 Å². The van der Waals surface area contributed by atoms with Gasteiger partial charge in [-0.15, -0.1) is 0 Å². The van der Waals surface area contributed by atoms with Gasteiger partial charge in [0.15, 0.2) is 0 Å². The van der Waals surface area contributed by atoms with Crippen molar-refractivity contribution in [2.24, 2.45) is 0 Å². The Morgan fingerprint density at radius 3 is 2.36 bits per heavy atom. The highest BCUT2D eigenvalue weighted by Crippen LogP contribution is 2.21. The fourth-order valence-corrected chi connectivity index (χ4v) is 1.04. The lowest BCUT2D eigenvalue weighted by Gasteiger charge is -2.18. The van der Waals surface area contributed by atoms with Crippen LogP contribution in [-0.4, -0.2) is 19.0 Å². The van der Waals surface area contributed by atoms with Crippen LogP contribution in [0.4, 0.5) is 0 Å². The monoisotopic (exact) mass is 154 g/mol. The van der Waals surface area contributed by atoms with Gasteiger partial charge < -0.3 is 9.47 Å². The third-order valence-electron chi connectivity index (χ3n) is 1.67. The average molecular weight is 154 g/mol. The number of rotatable bonds is 1. The van der Waals surface area contributed by atoms with E-state index in [2.05, 4.69) is 11.8 Å². The normalized spacial score (nSPS) is 20.9. The zero-order valence-corrected chi connectivity index (χ0v) is 7.14. The Morgan fingerprint density at radius 2 is 1.91 bits per heavy atom.